The van der Waals surface area contributed by atoms with Gasteiger partial charge in [-0.3, -0.25) is 0 Å². The van der Waals surface area contributed by atoms with Crippen LogP contribution in [-0.4, -0.2) is 24.7 Å². The summed E-state index contributed by atoms with van der Waals surface area (Å²) in [6.45, 7) is 2.67. The highest BCUT2D eigenvalue weighted by molar-refractivity contribution is 7.09. The first kappa shape index (κ1) is 17.3. The van der Waals surface area contributed by atoms with E-state index in [0.29, 0.717) is 6.54 Å². The molecule has 1 aromatic carbocycles. The second kappa shape index (κ2) is 9.15. The molecule has 0 saturated heterocycles. The molecule has 6 heteroatoms. The molecule has 0 radical (unpaired) electrons. The van der Waals surface area contributed by atoms with Crippen LogP contribution < -0.4 is 15.4 Å². The molecule has 23 heavy (non-hydrogen) atoms. The van der Waals surface area contributed by atoms with Gasteiger partial charge in [0.05, 0.1) is 13.2 Å². The lowest BCUT2D eigenvalue weighted by Crippen LogP contribution is -2.38. The molecule has 0 bridgehead atoms. The molecule has 2 amide bonds. The van der Waals surface area contributed by atoms with Gasteiger partial charge in [0, 0.05) is 18.1 Å². The maximum absolute atomic E-state index is 12.0. The molecule has 2 rings (SSSR count). The number of nitrogens with one attached hydrogen (secondary N) is 2. The van der Waals surface area contributed by atoms with Gasteiger partial charge >= 0.3 is 6.03 Å². The molecule has 0 aliphatic rings. The van der Waals surface area contributed by atoms with E-state index in [-0.39, 0.29) is 12.1 Å². The number of amides is 2. The number of ether oxygens (including phenoxy) is 1. The Morgan fingerprint density at radius 3 is 3.00 bits per heavy atom. The molecule has 0 saturated carbocycles. The maximum atomic E-state index is 12.0. The Bertz CT molecular complexity index is 602. The molecular weight excluding hydrogens is 310 g/mol. The molecule has 2 aromatic rings. The number of rotatable bonds is 8. The predicted octanol–water partition coefficient (Wildman–Crippen LogP) is 3.53. The Morgan fingerprint density at radius 1 is 1.43 bits per heavy atom. The van der Waals surface area contributed by atoms with E-state index in [1.807, 2.05) is 30.5 Å². The summed E-state index contributed by atoms with van der Waals surface area (Å²) in [5.41, 5.74) is 1.21. The van der Waals surface area contributed by atoms with E-state index in [4.69, 9.17) is 4.74 Å². The topological polar surface area (TPSA) is 63.2 Å². The predicted molar refractivity (Wildman–Crippen MR) is 93.0 cm³/mol. The van der Waals surface area contributed by atoms with Crippen LogP contribution in [0.4, 0.5) is 4.79 Å². The van der Waals surface area contributed by atoms with E-state index in [0.717, 1.165) is 30.0 Å². The minimum Gasteiger partial charge on any atom is -0.497 e. The van der Waals surface area contributed by atoms with Gasteiger partial charge in [-0.05, 0) is 37.0 Å². The highest BCUT2D eigenvalue weighted by Gasteiger charge is 2.14. The zero-order valence-electron chi connectivity index (χ0n) is 13.5. The average molecular weight is 333 g/mol. The molecule has 124 valence electrons. The van der Waals surface area contributed by atoms with E-state index in [2.05, 4.69) is 21.7 Å². The summed E-state index contributed by atoms with van der Waals surface area (Å²) in [5, 5.41) is 8.73. The van der Waals surface area contributed by atoms with E-state index in [1.54, 1.807) is 24.6 Å². The number of thiazole rings is 1. The minimum atomic E-state index is -0.141. The number of carbonyl (C=O) groups is 1. The van der Waals surface area contributed by atoms with E-state index >= 15 is 0 Å². The number of hydrogen-bond acceptors (Lipinski definition) is 4. The van der Waals surface area contributed by atoms with Crippen LogP contribution in [0.25, 0.3) is 0 Å². The summed E-state index contributed by atoms with van der Waals surface area (Å²) in [4.78, 5) is 16.2. The molecule has 0 unspecified atom stereocenters. The first-order valence-corrected chi connectivity index (χ1v) is 8.67. The molecule has 1 atom stereocenters. The smallest absolute Gasteiger partial charge is 0.315 e. The number of benzene rings is 1. The lowest BCUT2D eigenvalue weighted by Gasteiger charge is -2.15. The minimum absolute atomic E-state index is 0.0200. The summed E-state index contributed by atoms with van der Waals surface area (Å²) in [5.74, 6) is 0.863. The van der Waals surface area contributed by atoms with Gasteiger partial charge in [-0.25, -0.2) is 9.78 Å². The number of hydrogen-bond donors (Lipinski definition) is 2. The average Bonchev–Trinajstić information content (AvgIpc) is 3.11. The highest BCUT2D eigenvalue weighted by Crippen LogP contribution is 2.18. The Labute approximate surface area is 141 Å². The van der Waals surface area contributed by atoms with Gasteiger partial charge in [0.25, 0.3) is 0 Å². The normalized spacial score (nSPS) is 11.7. The first-order valence-electron chi connectivity index (χ1n) is 7.79. The largest absolute Gasteiger partial charge is 0.497 e. The summed E-state index contributed by atoms with van der Waals surface area (Å²) in [6.07, 6.45) is 4.37. The van der Waals surface area contributed by atoms with Crippen molar-refractivity contribution in [1.82, 2.24) is 15.6 Å². The maximum Gasteiger partial charge on any atom is 0.315 e. The molecule has 5 nitrogen and oxygen atoms in total. The quantitative estimate of drug-likeness (QED) is 0.726. The number of methoxy groups -OCH3 is 1. The van der Waals surface area contributed by atoms with E-state index in [9.17, 15) is 4.79 Å². The fraction of sp³-hybridized carbons (Fsp3) is 0.412. The number of carbonyl (C=O) groups excluding carboxylic acids is 1. The number of urea groups is 1. The van der Waals surface area contributed by atoms with Crippen molar-refractivity contribution in [2.75, 3.05) is 13.7 Å². The van der Waals surface area contributed by atoms with Crippen LogP contribution in [0.15, 0.2) is 35.8 Å². The fourth-order valence-corrected chi connectivity index (χ4v) is 3.05. The third-order valence-corrected chi connectivity index (χ3v) is 4.41. The lowest BCUT2D eigenvalue weighted by atomic mass is 10.1. The van der Waals surface area contributed by atoms with Gasteiger partial charge in [0.1, 0.15) is 10.8 Å². The third kappa shape index (κ3) is 5.56. The second-order valence-corrected chi connectivity index (χ2v) is 6.11. The summed E-state index contributed by atoms with van der Waals surface area (Å²) in [6, 6.07) is 7.84. The lowest BCUT2D eigenvalue weighted by molar-refractivity contribution is 0.236. The van der Waals surface area contributed by atoms with Crippen LogP contribution in [0.5, 0.6) is 5.75 Å². The zero-order valence-corrected chi connectivity index (χ0v) is 14.4. The molecule has 0 aliphatic heterocycles. The molecule has 0 fully saturated rings. The Balaban J connectivity index is 1.70. The fourth-order valence-electron chi connectivity index (χ4n) is 2.28. The van der Waals surface area contributed by atoms with Crippen LogP contribution in [0, 0.1) is 0 Å². The summed E-state index contributed by atoms with van der Waals surface area (Å²) < 4.78 is 5.21. The molecule has 1 aromatic heterocycles. The standard InChI is InChI=1S/C17H23N3O2S/c1-3-15(16-18-10-11-23-16)20-17(21)19-9-5-7-13-6-4-8-14(12-13)22-2/h4,6,8,10-12,15H,3,5,7,9H2,1-2H3,(H2,19,20,21)/t15-/m0/s1. The molecule has 1 heterocycles. The number of aryl methyl sites for hydroxylation is 1. The van der Waals surface area contributed by atoms with Gasteiger partial charge in [0.2, 0.25) is 0 Å². The van der Waals surface area contributed by atoms with Gasteiger partial charge in [0.15, 0.2) is 0 Å². The molecule has 0 spiro atoms. The van der Waals surface area contributed by atoms with Crippen molar-refractivity contribution in [3.8, 4) is 5.75 Å². The van der Waals surface area contributed by atoms with Crippen molar-refractivity contribution in [2.24, 2.45) is 0 Å². The Morgan fingerprint density at radius 2 is 2.30 bits per heavy atom. The van der Waals surface area contributed by atoms with Gasteiger partial charge in [-0.2, -0.15) is 0 Å². The number of aromatic nitrogens is 1. The van der Waals surface area contributed by atoms with Crippen molar-refractivity contribution >= 4 is 17.4 Å². The van der Waals surface area contributed by atoms with Gasteiger partial charge < -0.3 is 15.4 Å². The highest BCUT2D eigenvalue weighted by atomic mass is 32.1. The van der Waals surface area contributed by atoms with E-state index in [1.165, 1.54) is 5.56 Å². The molecule has 2 N–H and O–H groups in total. The van der Waals surface area contributed by atoms with Gasteiger partial charge in [-0.15, -0.1) is 11.3 Å². The van der Waals surface area contributed by atoms with Crippen molar-refractivity contribution in [3.63, 3.8) is 0 Å². The zero-order chi connectivity index (χ0) is 16.5. The van der Waals surface area contributed by atoms with Crippen molar-refractivity contribution in [1.29, 1.82) is 0 Å². The van der Waals surface area contributed by atoms with Crippen LogP contribution >= 0.6 is 11.3 Å². The van der Waals surface area contributed by atoms with Crippen LogP contribution in [0.2, 0.25) is 0 Å². The van der Waals surface area contributed by atoms with Crippen LogP contribution in [0.1, 0.15) is 36.4 Å². The van der Waals surface area contributed by atoms with Crippen LogP contribution in [-0.2, 0) is 6.42 Å². The monoisotopic (exact) mass is 333 g/mol. The SMILES string of the molecule is CC[C@H](NC(=O)NCCCc1cccc(OC)c1)c1nccs1. The van der Waals surface area contributed by atoms with Crippen molar-refractivity contribution in [2.45, 2.75) is 32.2 Å². The molecule has 0 aliphatic carbocycles. The summed E-state index contributed by atoms with van der Waals surface area (Å²) >= 11 is 1.56. The van der Waals surface area contributed by atoms with E-state index < -0.39 is 0 Å². The van der Waals surface area contributed by atoms with Crippen molar-refractivity contribution < 1.29 is 9.53 Å². The van der Waals surface area contributed by atoms with Crippen molar-refractivity contribution in [3.05, 3.63) is 46.4 Å². The number of nitrogens with zero attached hydrogens (tertiary/aromatic N) is 1. The molecular formula is C17H23N3O2S. The Hall–Kier alpha value is -2.08. The summed E-state index contributed by atoms with van der Waals surface area (Å²) in [7, 11) is 1.66. The second-order valence-electron chi connectivity index (χ2n) is 5.19. The third-order valence-electron chi connectivity index (χ3n) is 3.53. The first-order chi connectivity index (χ1) is 11.2. The van der Waals surface area contributed by atoms with Crippen LogP contribution in [0.3, 0.4) is 0 Å². The van der Waals surface area contributed by atoms with Gasteiger partial charge in [-0.1, -0.05) is 19.1 Å². The Kier molecular flexibility index (Phi) is 6.87.